The monoisotopic (exact) mass is 505 g/mol. The van der Waals surface area contributed by atoms with Gasteiger partial charge in [-0.2, -0.15) is 18.2 Å². The Balaban J connectivity index is 1.38. The minimum absolute atomic E-state index is 0.0228. The van der Waals surface area contributed by atoms with Crippen LogP contribution in [0.4, 0.5) is 24.5 Å². The van der Waals surface area contributed by atoms with E-state index < -0.39 is 17.6 Å². The molecular formula is C24H23ClF3N5O2. The van der Waals surface area contributed by atoms with Crippen molar-refractivity contribution >= 4 is 40.7 Å². The molecule has 2 amide bonds. The summed E-state index contributed by atoms with van der Waals surface area (Å²) >= 11 is 6.45. The molecule has 2 aromatic carbocycles. The second kappa shape index (κ2) is 8.75. The molecule has 4 N–H and O–H groups in total. The number of anilines is 2. The molecule has 3 fully saturated rings. The van der Waals surface area contributed by atoms with Crippen molar-refractivity contribution in [3.8, 4) is 0 Å². The van der Waals surface area contributed by atoms with Crippen LogP contribution in [-0.2, 0) is 0 Å². The lowest BCUT2D eigenvalue weighted by Gasteiger charge is -2.21. The number of hydrogen-bond donors (Lipinski definition) is 4. The molecule has 2 aliphatic carbocycles. The molecule has 0 atom stereocenters. The number of amides is 2. The molecule has 0 aromatic heterocycles. The van der Waals surface area contributed by atoms with E-state index in [1.807, 2.05) is 0 Å². The lowest BCUT2D eigenvalue weighted by molar-refractivity contribution is -0.163. The van der Waals surface area contributed by atoms with Crippen LogP contribution in [-0.4, -0.2) is 42.6 Å². The van der Waals surface area contributed by atoms with Gasteiger partial charge in [0, 0.05) is 24.3 Å². The summed E-state index contributed by atoms with van der Waals surface area (Å²) in [7, 11) is 0. The van der Waals surface area contributed by atoms with E-state index in [2.05, 4.69) is 26.3 Å². The third kappa shape index (κ3) is 4.80. The Morgan fingerprint density at radius 3 is 2.40 bits per heavy atom. The van der Waals surface area contributed by atoms with Crippen LogP contribution >= 0.6 is 11.6 Å². The SMILES string of the molecule is O=C(N=C1NCCN1)c1ccc(Nc2cccc(C(=O)NC3(C(F)(F)F)CC3)c2Cl)c(C2CC2)c1. The first-order valence-corrected chi connectivity index (χ1v) is 11.7. The first-order valence-electron chi connectivity index (χ1n) is 11.4. The number of nitrogens with zero attached hydrogens (tertiary/aromatic N) is 1. The molecule has 184 valence electrons. The Labute approximate surface area is 204 Å². The average molecular weight is 506 g/mol. The second-order valence-corrected chi connectivity index (χ2v) is 9.40. The predicted octanol–water partition coefficient (Wildman–Crippen LogP) is 4.47. The maximum Gasteiger partial charge on any atom is 0.411 e. The van der Waals surface area contributed by atoms with E-state index in [1.165, 1.54) is 6.07 Å². The third-order valence-corrected chi connectivity index (χ3v) is 6.80. The van der Waals surface area contributed by atoms with Crippen molar-refractivity contribution in [2.24, 2.45) is 4.99 Å². The number of nitrogens with one attached hydrogen (secondary N) is 4. The number of rotatable bonds is 6. The molecule has 7 nitrogen and oxygen atoms in total. The highest BCUT2D eigenvalue weighted by molar-refractivity contribution is 6.36. The molecule has 0 unspecified atom stereocenters. The quantitative estimate of drug-likeness (QED) is 0.464. The number of hydrogen-bond acceptors (Lipinski definition) is 3. The number of guanidine groups is 1. The number of aliphatic imine (C=N–C) groups is 1. The number of halogens is 4. The number of alkyl halides is 3. The van der Waals surface area contributed by atoms with Gasteiger partial charge in [-0.15, -0.1) is 0 Å². The number of carbonyl (C=O) groups excluding carboxylic acids is 2. The summed E-state index contributed by atoms with van der Waals surface area (Å²) in [6.07, 6.45) is -2.87. The van der Waals surface area contributed by atoms with E-state index in [0.29, 0.717) is 36.0 Å². The summed E-state index contributed by atoms with van der Waals surface area (Å²) in [5.74, 6) is -0.520. The van der Waals surface area contributed by atoms with E-state index in [4.69, 9.17) is 11.6 Å². The fourth-order valence-corrected chi connectivity index (χ4v) is 4.31. The van der Waals surface area contributed by atoms with Crippen molar-refractivity contribution < 1.29 is 22.8 Å². The molecule has 11 heteroatoms. The van der Waals surface area contributed by atoms with Crippen LogP contribution in [0.1, 0.15) is 57.9 Å². The van der Waals surface area contributed by atoms with Crippen molar-refractivity contribution in [1.82, 2.24) is 16.0 Å². The Hall–Kier alpha value is -3.27. The van der Waals surface area contributed by atoms with Gasteiger partial charge in [0.15, 0.2) is 5.96 Å². The standard InChI is InChI=1S/C24H23ClF3N5O2/c25-19-15(21(35)33-23(8-9-23)24(26,27)28)2-1-3-18(19)31-17-7-6-14(12-16(17)13-4-5-13)20(34)32-22-29-10-11-30-22/h1-3,6-7,12-13,31H,4-5,8-11H2,(H,33,35)(H2,29,30,32,34). The lowest BCUT2D eigenvalue weighted by Crippen LogP contribution is -2.47. The predicted molar refractivity (Wildman–Crippen MR) is 126 cm³/mol. The van der Waals surface area contributed by atoms with Crippen molar-refractivity contribution in [2.45, 2.75) is 43.3 Å². The van der Waals surface area contributed by atoms with Gasteiger partial charge in [0.05, 0.1) is 16.3 Å². The average Bonchev–Trinajstić information content (AvgIpc) is 3.74. The highest BCUT2D eigenvalue weighted by atomic mass is 35.5. The molecule has 0 radical (unpaired) electrons. The van der Waals surface area contributed by atoms with Crippen molar-refractivity contribution in [1.29, 1.82) is 0 Å². The zero-order valence-electron chi connectivity index (χ0n) is 18.6. The van der Waals surface area contributed by atoms with Gasteiger partial charge in [-0.05, 0) is 67.5 Å². The van der Waals surface area contributed by atoms with Gasteiger partial charge < -0.3 is 21.3 Å². The first kappa shape index (κ1) is 23.5. The van der Waals surface area contributed by atoms with Crippen LogP contribution in [0.3, 0.4) is 0 Å². The van der Waals surface area contributed by atoms with Crippen molar-refractivity contribution in [2.75, 3.05) is 18.4 Å². The Bertz CT molecular complexity index is 1210. The van der Waals surface area contributed by atoms with Crippen LogP contribution in [0.25, 0.3) is 0 Å². The summed E-state index contributed by atoms with van der Waals surface area (Å²) < 4.78 is 39.8. The molecule has 1 heterocycles. The molecular weight excluding hydrogens is 483 g/mol. The van der Waals surface area contributed by atoms with Gasteiger partial charge >= 0.3 is 6.18 Å². The molecule has 5 rings (SSSR count). The molecule has 2 saturated carbocycles. The number of carbonyl (C=O) groups is 2. The van der Waals surface area contributed by atoms with E-state index in [-0.39, 0.29) is 35.3 Å². The Kier molecular flexibility index (Phi) is 5.86. The minimum Gasteiger partial charge on any atom is -0.354 e. The Morgan fingerprint density at radius 1 is 1.06 bits per heavy atom. The highest BCUT2D eigenvalue weighted by Crippen LogP contribution is 2.49. The van der Waals surface area contributed by atoms with E-state index in [0.717, 1.165) is 18.4 Å². The fraction of sp³-hybridized carbons (Fsp3) is 0.375. The van der Waals surface area contributed by atoms with Crippen molar-refractivity contribution in [3.05, 3.63) is 58.1 Å². The zero-order chi connectivity index (χ0) is 24.8. The highest BCUT2D eigenvalue weighted by Gasteiger charge is 2.64. The molecule has 1 aliphatic heterocycles. The molecule has 0 spiro atoms. The van der Waals surface area contributed by atoms with Gasteiger partial charge in [-0.25, -0.2) is 0 Å². The summed E-state index contributed by atoms with van der Waals surface area (Å²) in [6.45, 7) is 1.41. The van der Waals surface area contributed by atoms with E-state index in [1.54, 1.807) is 30.3 Å². The number of benzene rings is 2. The second-order valence-electron chi connectivity index (χ2n) is 9.02. The summed E-state index contributed by atoms with van der Waals surface area (Å²) in [6, 6.07) is 9.80. The zero-order valence-corrected chi connectivity index (χ0v) is 19.3. The van der Waals surface area contributed by atoms with Gasteiger partial charge in [0.1, 0.15) is 5.54 Å². The molecule has 1 saturated heterocycles. The largest absolute Gasteiger partial charge is 0.411 e. The lowest BCUT2D eigenvalue weighted by atomic mass is 10.0. The smallest absolute Gasteiger partial charge is 0.354 e. The maximum absolute atomic E-state index is 13.3. The van der Waals surface area contributed by atoms with Crippen LogP contribution in [0.5, 0.6) is 0 Å². The molecule has 2 aromatic rings. The van der Waals surface area contributed by atoms with Crippen LogP contribution in [0.2, 0.25) is 5.02 Å². The maximum atomic E-state index is 13.3. The normalized spacial score (nSPS) is 18.3. The van der Waals surface area contributed by atoms with E-state index in [9.17, 15) is 22.8 Å². The van der Waals surface area contributed by atoms with Gasteiger partial charge in [0.25, 0.3) is 11.8 Å². The summed E-state index contributed by atoms with van der Waals surface area (Å²) in [4.78, 5) is 29.3. The molecule has 0 bridgehead atoms. The van der Waals surface area contributed by atoms with Gasteiger partial charge in [-0.1, -0.05) is 17.7 Å². The van der Waals surface area contributed by atoms with Crippen LogP contribution in [0, 0.1) is 0 Å². The topological polar surface area (TPSA) is 94.6 Å². The van der Waals surface area contributed by atoms with Gasteiger partial charge in [-0.3, -0.25) is 9.59 Å². The van der Waals surface area contributed by atoms with Crippen LogP contribution in [0.15, 0.2) is 41.4 Å². The van der Waals surface area contributed by atoms with Crippen molar-refractivity contribution in [3.63, 3.8) is 0 Å². The Morgan fingerprint density at radius 2 is 1.77 bits per heavy atom. The van der Waals surface area contributed by atoms with Crippen LogP contribution < -0.4 is 21.3 Å². The summed E-state index contributed by atoms with van der Waals surface area (Å²) in [5.41, 5.74) is 0.244. The van der Waals surface area contributed by atoms with Gasteiger partial charge in [0.2, 0.25) is 0 Å². The minimum atomic E-state index is -4.52. The molecule has 35 heavy (non-hydrogen) atoms. The molecule has 3 aliphatic rings. The first-order chi connectivity index (χ1) is 16.7. The summed E-state index contributed by atoms with van der Waals surface area (Å²) in [5, 5.41) is 11.3. The van der Waals surface area contributed by atoms with E-state index >= 15 is 0 Å². The third-order valence-electron chi connectivity index (χ3n) is 6.40. The fourth-order valence-electron chi connectivity index (χ4n) is 4.05.